The summed E-state index contributed by atoms with van der Waals surface area (Å²) < 4.78 is 0. The average Bonchev–Trinajstić information content (AvgIpc) is 3.07. The number of carbonyl (C=O) groups is 1. The van der Waals surface area contributed by atoms with E-state index >= 15 is 0 Å². The summed E-state index contributed by atoms with van der Waals surface area (Å²) in [5, 5.41) is 11.0. The highest BCUT2D eigenvalue weighted by Gasteiger charge is 2.25. The smallest absolute Gasteiger partial charge is 0.317 e. The summed E-state index contributed by atoms with van der Waals surface area (Å²) in [7, 11) is 0. The minimum atomic E-state index is -0.759. The lowest BCUT2D eigenvalue weighted by atomic mass is 10.1. The first kappa shape index (κ1) is 14.4. The molecule has 1 saturated carbocycles. The molecule has 0 radical (unpaired) electrons. The zero-order chi connectivity index (χ0) is 14.8. The zero-order valence-corrected chi connectivity index (χ0v) is 12.6. The number of fused-ring (bicyclic) bond motifs is 1. The molecule has 2 N–H and O–H groups in total. The third-order valence-electron chi connectivity index (χ3n) is 4.28. The van der Waals surface area contributed by atoms with Crippen LogP contribution in [-0.4, -0.2) is 33.5 Å². The molecule has 0 bridgehead atoms. The van der Waals surface area contributed by atoms with Crippen molar-refractivity contribution >= 4 is 28.5 Å². The number of rotatable bonds is 5. The highest BCUT2D eigenvalue weighted by Crippen LogP contribution is 2.27. The molecule has 1 heterocycles. The van der Waals surface area contributed by atoms with Crippen molar-refractivity contribution in [2.24, 2.45) is 0 Å². The van der Waals surface area contributed by atoms with Crippen LogP contribution in [0.15, 0.2) is 24.4 Å². The Kier molecular flexibility index (Phi) is 4.17. The van der Waals surface area contributed by atoms with Crippen molar-refractivity contribution in [3.63, 3.8) is 0 Å². The molecule has 0 unspecified atom stereocenters. The van der Waals surface area contributed by atoms with Gasteiger partial charge in [-0.1, -0.05) is 30.5 Å². The lowest BCUT2D eigenvalue weighted by molar-refractivity contribution is -0.139. The predicted molar refractivity (Wildman–Crippen MR) is 83.6 cm³/mol. The second-order valence-electron chi connectivity index (χ2n) is 5.74. The number of nitrogens with zero attached hydrogens (tertiary/aromatic N) is 1. The van der Waals surface area contributed by atoms with Crippen molar-refractivity contribution in [2.45, 2.75) is 38.3 Å². The van der Waals surface area contributed by atoms with E-state index in [1.54, 1.807) is 0 Å². The van der Waals surface area contributed by atoms with Gasteiger partial charge in [0.1, 0.15) is 0 Å². The van der Waals surface area contributed by atoms with Crippen LogP contribution in [0.3, 0.4) is 0 Å². The molecular formula is C16H19ClN2O2. The van der Waals surface area contributed by atoms with Gasteiger partial charge in [-0.2, -0.15) is 0 Å². The Morgan fingerprint density at radius 3 is 2.86 bits per heavy atom. The maximum atomic E-state index is 11.1. The molecule has 0 amide bonds. The molecule has 0 saturated heterocycles. The third-order valence-corrected chi connectivity index (χ3v) is 4.52. The van der Waals surface area contributed by atoms with Crippen LogP contribution in [0.5, 0.6) is 0 Å². The van der Waals surface area contributed by atoms with E-state index in [1.165, 1.54) is 12.8 Å². The van der Waals surface area contributed by atoms with Gasteiger partial charge < -0.3 is 10.1 Å². The molecular weight excluding hydrogens is 288 g/mol. The number of hydrogen-bond donors (Lipinski definition) is 2. The quantitative estimate of drug-likeness (QED) is 0.886. The summed E-state index contributed by atoms with van der Waals surface area (Å²) >= 11 is 6.00. The van der Waals surface area contributed by atoms with Crippen LogP contribution in [0, 0.1) is 0 Å². The van der Waals surface area contributed by atoms with Crippen LogP contribution < -0.4 is 0 Å². The van der Waals surface area contributed by atoms with Gasteiger partial charge in [0.15, 0.2) is 0 Å². The fraction of sp³-hybridized carbons (Fsp3) is 0.438. The predicted octanol–water partition coefficient (Wildman–Crippen LogP) is 3.65. The van der Waals surface area contributed by atoms with Gasteiger partial charge >= 0.3 is 5.97 Å². The highest BCUT2D eigenvalue weighted by atomic mass is 35.5. The van der Waals surface area contributed by atoms with Crippen LogP contribution in [0.25, 0.3) is 10.9 Å². The van der Waals surface area contributed by atoms with E-state index in [0.29, 0.717) is 17.6 Å². The molecule has 112 valence electrons. The van der Waals surface area contributed by atoms with E-state index in [2.05, 4.69) is 9.88 Å². The van der Waals surface area contributed by atoms with Crippen LogP contribution in [-0.2, 0) is 11.3 Å². The molecule has 0 atom stereocenters. The van der Waals surface area contributed by atoms with Crippen LogP contribution >= 0.6 is 11.6 Å². The van der Waals surface area contributed by atoms with E-state index < -0.39 is 5.97 Å². The Bertz CT molecular complexity index is 647. The summed E-state index contributed by atoms with van der Waals surface area (Å²) in [6.45, 7) is 0.767. The van der Waals surface area contributed by atoms with E-state index in [0.717, 1.165) is 29.3 Å². The van der Waals surface area contributed by atoms with Gasteiger partial charge in [0.25, 0.3) is 0 Å². The molecule has 3 rings (SSSR count). The van der Waals surface area contributed by atoms with Crippen LogP contribution in [0.4, 0.5) is 0 Å². The monoisotopic (exact) mass is 306 g/mol. The first-order valence-electron chi connectivity index (χ1n) is 7.35. The van der Waals surface area contributed by atoms with Gasteiger partial charge in [0, 0.05) is 34.7 Å². The molecule has 21 heavy (non-hydrogen) atoms. The van der Waals surface area contributed by atoms with Gasteiger partial charge in [-0.25, -0.2) is 0 Å². The van der Waals surface area contributed by atoms with Gasteiger partial charge in [-0.05, 0) is 30.5 Å². The number of hydrogen-bond acceptors (Lipinski definition) is 2. The van der Waals surface area contributed by atoms with Crippen molar-refractivity contribution < 1.29 is 9.90 Å². The number of nitrogens with one attached hydrogen (secondary N) is 1. The Balaban J connectivity index is 1.84. The average molecular weight is 307 g/mol. The topological polar surface area (TPSA) is 56.3 Å². The first-order valence-corrected chi connectivity index (χ1v) is 7.72. The van der Waals surface area contributed by atoms with Crippen molar-refractivity contribution in [1.82, 2.24) is 9.88 Å². The molecule has 4 nitrogen and oxygen atoms in total. The Hall–Kier alpha value is -1.52. The van der Waals surface area contributed by atoms with Crippen molar-refractivity contribution in [1.29, 1.82) is 0 Å². The number of aromatic nitrogens is 1. The number of benzene rings is 1. The molecule has 1 fully saturated rings. The lowest BCUT2D eigenvalue weighted by Gasteiger charge is -2.26. The summed E-state index contributed by atoms with van der Waals surface area (Å²) in [6.07, 6.45) is 6.56. The highest BCUT2D eigenvalue weighted by molar-refractivity contribution is 6.31. The first-order chi connectivity index (χ1) is 10.1. The Morgan fingerprint density at radius 2 is 2.14 bits per heavy atom. The molecule has 0 aliphatic heterocycles. The number of carboxylic acids is 1. The second-order valence-corrected chi connectivity index (χ2v) is 6.18. The van der Waals surface area contributed by atoms with Gasteiger partial charge in [-0.3, -0.25) is 9.69 Å². The maximum Gasteiger partial charge on any atom is 0.317 e. The number of aromatic amines is 1. The van der Waals surface area contributed by atoms with Crippen LogP contribution in [0.1, 0.15) is 31.2 Å². The minimum Gasteiger partial charge on any atom is -0.480 e. The van der Waals surface area contributed by atoms with Crippen molar-refractivity contribution in [3.8, 4) is 0 Å². The van der Waals surface area contributed by atoms with Gasteiger partial charge in [-0.15, -0.1) is 0 Å². The minimum absolute atomic E-state index is 0.102. The van der Waals surface area contributed by atoms with Crippen molar-refractivity contribution in [3.05, 3.63) is 35.0 Å². The number of aliphatic carboxylic acids is 1. The molecule has 1 aromatic heterocycles. The third kappa shape index (κ3) is 3.22. The standard InChI is InChI=1S/C16H19ClN2O2/c17-12-5-6-14-11(8-18-15(14)7-12)9-19(10-16(20)21)13-3-1-2-4-13/h5-8,13,18H,1-4,9-10H2,(H,20,21). The van der Waals surface area contributed by atoms with Gasteiger partial charge in [0.2, 0.25) is 0 Å². The Morgan fingerprint density at radius 1 is 1.38 bits per heavy atom. The molecule has 0 spiro atoms. The van der Waals surface area contributed by atoms with Crippen LogP contribution in [0.2, 0.25) is 5.02 Å². The molecule has 1 aliphatic rings. The summed E-state index contributed by atoms with van der Waals surface area (Å²) in [5.74, 6) is -0.759. The molecule has 1 aliphatic carbocycles. The summed E-state index contributed by atoms with van der Waals surface area (Å²) in [6, 6.07) is 6.16. The largest absolute Gasteiger partial charge is 0.480 e. The van der Waals surface area contributed by atoms with E-state index in [1.807, 2.05) is 24.4 Å². The molecule has 2 aromatic rings. The zero-order valence-electron chi connectivity index (χ0n) is 11.8. The number of H-pyrrole nitrogens is 1. The molecule has 1 aromatic carbocycles. The molecule has 5 heteroatoms. The normalized spacial score (nSPS) is 16.1. The second kappa shape index (κ2) is 6.08. The summed E-state index contributed by atoms with van der Waals surface area (Å²) in [5.41, 5.74) is 2.13. The van der Waals surface area contributed by atoms with E-state index in [4.69, 9.17) is 16.7 Å². The van der Waals surface area contributed by atoms with Crippen molar-refractivity contribution in [2.75, 3.05) is 6.54 Å². The fourth-order valence-corrected chi connectivity index (χ4v) is 3.44. The Labute approximate surface area is 128 Å². The number of halogens is 1. The van der Waals surface area contributed by atoms with E-state index in [9.17, 15) is 4.79 Å². The SMILES string of the molecule is O=C(O)CN(Cc1c[nH]c2cc(Cl)ccc12)C1CCCC1. The van der Waals surface area contributed by atoms with E-state index in [-0.39, 0.29) is 6.54 Å². The maximum absolute atomic E-state index is 11.1. The lowest BCUT2D eigenvalue weighted by Crippen LogP contribution is -2.36. The summed E-state index contributed by atoms with van der Waals surface area (Å²) in [4.78, 5) is 16.4. The van der Waals surface area contributed by atoms with Gasteiger partial charge in [0.05, 0.1) is 6.54 Å². The number of carboxylic acid groups (broad SMARTS) is 1. The fourth-order valence-electron chi connectivity index (χ4n) is 3.27.